The van der Waals surface area contributed by atoms with E-state index in [1.54, 1.807) is 30.3 Å². The lowest BCUT2D eigenvalue weighted by atomic mass is 10.0. The van der Waals surface area contributed by atoms with Crippen LogP contribution in [-0.2, 0) is 11.3 Å². The molecule has 1 fully saturated rings. The highest BCUT2D eigenvalue weighted by molar-refractivity contribution is 6.01. The van der Waals surface area contributed by atoms with E-state index in [1.807, 2.05) is 0 Å². The largest absolute Gasteiger partial charge is 0.488 e. The van der Waals surface area contributed by atoms with Gasteiger partial charge in [0.05, 0.1) is 7.11 Å². The highest BCUT2D eigenvalue weighted by Crippen LogP contribution is 2.26. The molecule has 4 rings (SSSR count). The summed E-state index contributed by atoms with van der Waals surface area (Å²) in [5.74, 6) is -0.872. The van der Waals surface area contributed by atoms with E-state index >= 15 is 0 Å². The predicted octanol–water partition coefficient (Wildman–Crippen LogP) is 4.18. The summed E-state index contributed by atoms with van der Waals surface area (Å²) in [5.41, 5.74) is 2.26. The molecule has 0 saturated carbocycles. The first kappa shape index (κ1) is 22.0. The highest BCUT2D eigenvalue weighted by atomic mass is 19.1. The molecule has 170 valence electrons. The minimum atomic E-state index is -0.658. The van der Waals surface area contributed by atoms with Gasteiger partial charge in [-0.2, -0.15) is 4.98 Å². The van der Waals surface area contributed by atoms with Crippen LogP contribution < -0.4 is 10.1 Å². The molecule has 0 amide bonds. The van der Waals surface area contributed by atoms with Gasteiger partial charge in [0.15, 0.2) is 17.1 Å². The number of fused-ring (bicyclic) bond motifs is 1. The predicted molar refractivity (Wildman–Crippen MR) is 115 cm³/mol. The Labute approximate surface area is 184 Å². The van der Waals surface area contributed by atoms with Crippen molar-refractivity contribution in [1.29, 1.82) is 0 Å². The number of hydrogen-bond donors (Lipinski definition) is 1. The number of carbonyl (C=O) groups is 1. The zero-order chi connectivity index (χ0) is 22.5. The summed E-state index contributed by atoms with van der Waals surface area (Å²) in [5, 5.41) is 3.32. The number of alkyl halides is 1. The molecule has 1 saturated heterocycles. The standard InChI is InChI=1S/C23H25F2N3O4/c1-30-22(29)17-3-2-4-19-21(17)32-23(27-19)26-16-7-10-28(11-8-16)14-15-5-6-18(25)20(13-15)31-12-9-24/h2-6,13,16H,7-12,14H2,1H3,(H,26,27). The Morgan fingerprint density at radius 1 is 1.28 bits per heavy atom. The fourth-order valence-electron chi connectivity index (χ4n) is 3.85. The van der Waals surface area contributed by atoms with E-state index in [-0.39, 0.29) is 18.4 Å². The topological polar surface area (TPSA) is 76.8 Å². The van der Waals surface area contributed by atoms with Gasteiger partial charge in [0.2, 0.25) is 0 Å². The van der Waals surface area contributed by atoms with Crippen molar-refractivity contribution in [2.24, 2.45) is 0 Å². The van der Waals surface area contributed by atoms with E-state index in [0.29, 0.717) is 29.2 Å². The molecule has 0 radical (unpaired) electrons. The average Bonchev–Trinajstić information content (AvgIpc) is 3.22. The van der Waals surface area contributed by atoms with Crippen LogP contribution in [0.4, 0.5) is 14.8 Å². The fraction of sp³-hybridized carbons (Fsp3) is 0.391. The van der Waals surface area contributed by atoms with Crippen molar-refractivity contribution in [2.75, 3.05) is 38.8 Å². The van der Waals surface area contributed by atoms with Crippen LogP contribution >= 0.6 is 0 Å². The second-order valence-corrected chi connectivity index (χ2v) is 7.66. The Hall–Kier alpha value is -3.20. The van der Waals surface area contributed by atoms with Crippen molar-refractivity contribution in [2.45, 2.75) is 25.4 Å². The van der Waals surface area contributed by atoms with Crippen LogP contribution in [0.2, 0.25) is 0 Å². The Bertz CT molecular complexity index is 1080. The molecule has 3 aromatic rings. The Kier molecular flexibility index (Phi) is 6.84. The molecule has 1 aromatic heterocycles. The molecule has 9 heteroatoms. The van der Waals surface area contributed by atoms with Crippen molar-refractivity contribution in [1.82, 2.24) is 9.88 Å². The second-order valence-electron chi connectivity index (χ2n) is 7.66. The van der Waals surface area contributed by atoms with Gasteiger partial charge in [-0.1, -0.05) is 12.1 Å². The number of ether oxygens (including phenoxy) is 2. The second kappa shape index (κ2) is 9.95. The first-order chi connectivity index (χ1) is 15.6. The number of methoxy groups -OCH3 is 1. The van der Waals surface area contributed by atoms with Crippen molar-refractivity contribution in [3.8, 4) is 5.75 Å². The maximum absolute atomic E-state index is 13.8. The van der Waals surface area contributed by atoms with E-state index in [2.05, 4.69) is 15.2 Å². The van der Waals surface area contributed by atoms with E-state index in [4.69, 9.17) is 13.9 Å². The van der Waals surface area contributed by atoms with Crippen molar-refractivity contribution in [3.05, 3.63) is 53.3 Å². The Balaban J connectivity index is 1.34. The summed E-state index contributed by atoms with van der Waals surface area (Å²) in [7, 11) is 1.33. The number of nitrogens with one attached hydrogen (secondary N) is 1. The number of anilines is 1. The van der Waals surface area contributed by atoms with Gasteiger partial charge in [-0.05, 0) is 42.7 Å². The van der Waals surface area contributed by atoms with Gasteiger partial charge in [-0.15, -0.1) is 0 Å². The number of nitrogens with zero attached hydrogens (tertiary/aromatic N) is 2. The number of para-hydroxylation sites is 1. The minimum Gasteiger partial charge on any atom is -0.488 e. The summed E-state index contributed by atoms with van der Waals surface area (Å²) in [4.78, 5) is 18.6. The quantitative estimate of drug-likeness (QED) is 0.521. The summed E-state index contributed by atoms with van der Waals surface area (Å²) >= 11 is 0. The third kappa shape index (κ3) is 4.99. The van der Waals surface area contributed by atoms with Crippen LogP contribution in [0.1, 0.15) is 28.8 Å². The zero-order valence-corrected chi connectivity index (χ0v) is 17.8. The number of benzene rings is 2. The van der Waals surface area contributed by atoms with Gasteiger partial charge in [0.25, 0.3) is 6.01 Å². The van der Waals surface area contributed by atoms with Crippen LogP contribution in [-0.4, -0.2) is 55.4 Å². The molecule has 2 heterocycles. The monoisotopic (exact) mass is 445 g/mol. The number of piperidine rings is 1. The molecule has 2 aromatic carbocycles. The fourth-order valence-corrected chi connectivity index (χ4v) is 3.85. The molecule has 1 aliphatic heterocycles. The average molecular weight is 445 g/mol. The molecule has 0 atom stereocenters. The van der Waals surface area contributed by atoms with Crippen molar-refractivity contribution >= 4 is 23.1 Å². The van der Waals surface area contributed by atoms with Gasteiger partial charge < -0.3 is 19.2 Å². The van der Waals surface area contributed by atoms with Gasteiger partial charge >= 0.3 is 5.97 Å². The third-order valence-corrected chi connectivity index (χ3v) is 5.47. The molecule has 0 bridgehead atoms. The maximum Gasteiger partial charge on any atom is 0.341 e. The summed E-state index contributed by atoms with van der Waals surface area (Å²) < 4.78 is 41.8. The molecule has 0 spiro atoms. The van der Waals surface area contributed by atoms with E-state index in [1.165, 1.54) is 13.2 Å². The molecule has 1 aliphatic rings. The van der Waals surface area contributed by atoms with Crippen LogP contribution in [0.5, 0.6) is 5.75 Å². The normalized spacial score (nSPS) is 15.1. The molecular formula is C23H25F2N3O4. The number of rotatable bonds is 8. The lowest BCUT2D eigenvalue weighted by Gasteiger charge is -2.32. The SMILES string of the molecule is COC(=O)c1cccc2nc(NC3CCN(Cc4ccc(F)c(OCCF)c4)CC3)oc12. The van der Waals surface area contributed by atoms with Crippen molar-refractivity contribution < 1.29 is 27.5 Å². The zero-order valence-electron chi connectivity index (χ0n) is 17.8. The van der Waals surface area contributed by atoms with E-state index < -0.39 is 18.5 Å². The van der Waals surface area contributed by atoms with Crippen molar-refractivity contribution in [3.63, 3.8) is 0 Å². The van der Waals surface area contributed by atoms with Crippen LogP contribution in [0.3, 0.4) is 0 Å². The summed E-state index contributed by atoms with van der Waals surface area (Å²) in [6.07, 6.45) is 1.74. The van der Waals surface area contributed by atoms with E-state index in [9.17, 15) is 13.6 Å². The maximum atomic E-state index is 13.8. The number of aromatic nitrogens is 1. The third-order valence-electron chi connectivity index (χ3n) is 5.47. The smallest absolute Gasteiger partial charge is 0.341 e. The molecule has 0 unspecified atom stereocenters. The summed E-state index contributed by atoms with van der Waals surface area (Å²) in [6, 6.07) is 10.4. The van der Waals surface area contributed by atoms with Gasteiger partial charge in [0, 0.05) is 25.7 Å². The summed E-state index contributed by atoms with van der Waals surface area (Å²) in [6.45, 7) is 1.51. The number of esters is 1. The van der Waals surface area contributed by atoms with Crippen LogP contribution in [0.25, 0.3) is 11.1 Å². The molecule has 1 N–H and O–H groups in total. The van der Waals surface area contributed by atoms with Gasteiger partial charge in [-0.3, -0.25) is 4.90 Å². The van der Waals surface area contributed by atoms with Crippen LogP contribution in [0, 0.1) is 5.82 Å². The lowest BCUT2D eigenvalue weighted by Crippen LogP contribution is -2.38. The lowest BCUT2D eigenvalue weighted by molar-refractivity contribution is 0.0602. The number of hydrogen-bond acceptors (Lipinski definition) is 7. The van der Waals surface area contributed by atoms with Gasteiger partial charge in [0.1, 0.15) is 24.4 Å². The Morgan fingerprint density at radius 3 is 2.84 bits per heavy atom. The van der Waals surface area contributed by atoms with Gasteiger partial charge in [-0.25, -0.2) is 13.6 Å². The minimum absolute atomic E-state index is 0.0824. The Morgan fingerprint density at radius 2 is 2.09 bits per heavy atom. The number of oxazole rings is 1. The molecule has 0 aliphatic carbocycles. The first-order valence-corrected chi connectivity index (χ1v) is 10.5. The molecular weight excluding hydrogens is 420 g/mol. The van der Waals surface area contributed by atoms with E-state index in [0.717, 1.165) is 31.5 Å². The number of likely N-dealkylation sites (tertiary alicyclic amines) is 1. The number of carbonyl (C=O) groups excluding carboxylic acids is 1. The molecule has 7 nitrogen and oxygen atoms in total. The first-order valence-electron chi connectivity index (χ1n) is 10.5. The van der Waals surface area contributed by atoms with Crippen LogP contribution in [0.15, 0.2) is 40.8 Å². The highest BCUT2D eigenvalue weighted by Gasteiger charge is 2.22. The number of halogens is 2. The molecule has 32 heavy (non-hydrogen) atoms.